The van der Waals surface area contributed by atoms with Gasteiger partial charge in [0.15, 0.2) is 11.5 Å². The molecule has 0 aliphatic heterocycles. The van der Waals surface area contributed by atoms with Crippen molar-refractivity contribution in [1.29, 1.82) is 0 Å². The zero-order valence-electron chi connectivity index (χ0n) is 25.3. The van der Waals surface area contributed by atoms with E-state index in [2.05, 4.69) is 25.5 Å². The number of para-hydroxylation sites is 1. The van der Waals surface area contributed by atoms with Crippen LogP contribution in [0.2, 0.25) is 0 Å². The zero-order valence-corrected chi connectivity index (χ0v) is 26.1. The monoisotopic (exact) mass is 625 g/mol. The van der Waals surface area contributed by atoms with Crippen molar-refractivity contribution < 1.29 is 17.6 Å². The molecule has 0 unspecified atom stereocenters. The summed E-state index contributed by atoms with van der Waals surface area (Å²) in [4.78, 5) is 29.8. The van der Waals surface area contributed by atoms with Crippen molar-refractivity contribution >= 4 is 43.5 Å². The number of carbonyl (C=O) groups is 1. The van der Waals surface area contributed by atoms with E-state index in [1.807, 2.05) is 57.2 Å². The third kappa shape index (κ3) is 6.91. The van der Waals surface area contributed by atoms with E-state index in [9.17, 15) is 17.6 Å². The number of hydrogen-bond acceptors (Lipinski definition) is 7. The molecule has 230 valence electrons. The molecule has 0 spiro atoms. The molecule has 12 heteroatoms. The van der Waals surface area contributed by atoms with Gasteiger partial charge in [0.2, 0.25) is 5.91 Å². The quantitative estimate of drug-likeness (QED) is 0.179. The molecule has 0 saturated carbocycles. The Bertz CT molecular complexity index is 2180. The van der Waals surface area contributed by atoms with Crippen LogP contribution in [0, 0.1) is 11.2 Å². The molecule has 4 aromatic heterocycles. The van der Waals surface area contributed by atoms with Gasteiger partial charge in [-0.05, 0) is 59.4 Å². The lowest BCUT2D eigenvalue weighted by Gasteiger charge is -2.17. The molecule has 0 radical (unpaired) electrons. The second-order valence-corrected chi connectivity index (χ2v) is 14.7. The molecular formula is C33H32FN7O3S. The summed E-state index contributed by atoms with van der Waals surface area (Å²) in [7, 11) is -3.20. The fourth-order valence-electron chi connectivity index (χ4n) is 5.19. The lowest BCUT2D eigenvalue weighted by molar-refractivity contribution is -0.117. The number of nitrogens with zero attached hydrogens (tertiary/aromatic N) is 4. The molecule has 0 aliphatic carbocycles. The highest BCUT2D eigenvalue weighted by Gasteiger charge is 2.19. The number of halogens is 1. The summed E-state index contributed by atoms with van der Waals surface area (Å²) < 4.78 is 38.0. The number of pyridine rings is 2. The van der Waals surface area contributed by atoms with Crippen LogP contribution in [0.4, 0.5) is 10.1 Å². The fraction of sp³-hybridized carbons (Fsp3) is 0.242. The summed E-state index contributed by atoms with van der Waals surface area (Å²) >= 11 is 0. The van der Waals surface area contributed by atoms with E-state index in [-0.39, 0.29) is 23.5 Å². The molecule has 3 N–H and O–H groups in total. The molecule has 45 heavy (non-hydrogen) atoms. The van der Waals surface area contributed by atoms with Crippen LogP contribution in [0.3, 0.4) is 0 Å². The summed E-state index contributed by atoms with van der Waals surface area (Å²) in [6.45, 7) is 6.02. The van der Waals surface area contributed by atoms with Crippen molar-refractivity contribution in [2.24, 2.45) is 5.41 Å². The van der Waals surface area contributed by atoms with Crippen LogP contribution in [0.1, 0.15) is 32.8 Å². The first kappa shape index (κ1) is 30.1. The topological polar surface area (TPSA) is 146 Å². The molecule has 0 bridgehead atoms. The van der Waals surface area contributed by atoms with Gasteiger partial charge in [0.05, 0.1) is 39.9 Å². The minimum Gasteiger partial charge on any atom is -0.336 e. The van der Waals surface area contributed by atoms with Crippen LogP contribution in [0.15, 0.2) is 67.0 Å². The Labute approximate surface area is 259 Å². The van der Waals surface area contributed by atoms with E-state index in [1.54, 1.807) is 18.5 Å². The van der Waals surface area contributed by atoms with E-state index < -0.39 is 15.7 Å². The minimum absolute atomic E-state index is 0.0694. The largest absolute Gasteiger partial charge is 0.336 e. The first-order valence-electron chi connectivity index (χ1n) is 14.4. The lowest BCUT2D eigenvalue weighted by Crippen LogP contribution is -2.19. The average molecular weight is 626 g/mol. The van der Waals surface area contributed by atoms with Crippen molar-refractivity contribution in [3.63, 3.8) is 0 Å². The lowest BCUT2D eigenvalue weighted by atomic mass is 9.92. The summed E-state index contributed by atoms with van der Waals surface area (Å²) in [5, 5.41) is 10.4. The zero-order chi connectivity index (χ0) is 31.9. The van der Waals surface area contributed by atoms with Crippen LogP contribution in [0.25, 0.3) is 56.0 Å². The molecule has 0 aliphatic rings. The minimum atomic E-state index is -3.20. The van der Waals surface area contributed by atoms with Gasteiger partial charge < -0.3 is 10.3 Å². The number of sulfone groups is 1. The summed E-state index contributed by atoms with van der Waals surface area (Å²) in [6, 6.07) is 15.7. The third-order valence-electron chi connectivity index (χ3n) is 7.18. The van der Waals surface area contributed by atoms with Crippen LogP contribution < -0.4 is 5.32 Å². The number of carbonyl (C=O) groups excluding carboxylic acids is 1. The van der Waals surface area contributed by atoms with Crippen molar-refractivity contribution in [2.75, 3.05) is 17.3 Å². The molecule has 10 nitrogen and oxygen atoms in total. The number of rotatable bonds is 8. The predicted octanol–water partition coefficient (Wildman–Crippen LogP) is 6.33. The molecule has 4 heterocycles. The summed E-state index contributed by atoms with van der Waals surface area (Å²) in [5.74, 6) is -0.135. The second kappa shape index (κ2) is 11.5. The van der Waals surface area contributed by atoms with E-state index in [4.69, 9.17) is 9.97 Å². The molecule has 0 fully saturated rings. The Morgan fingerprint density at radius 2 is 1.78 bits per heavy atom. The highest BCUT2D eigenvalue weighted by molar-refractivity contribution is 7.90. The van der Waals surface area contributed by atoms with Crippen LogP contribution >= 0.6 is 0 Å². The predicted molar refractivity (Wildman–Crippen MR) is 174 cm³/mol. The Hall–Kier alpha value is -4.97. The van der Waals surface area contributed by atoms with Crippen molar-refractivity contribution in [3.8, 4) is 33.9 Å². The Morgan fingerprint density at radius 3 is 2.56 bits per heavy atom. The number of aromatic nitrogens is 6. The maximum absolute atomic E-state index is 14.6. The Morgan fingerprint density at radius 1 is 0.956 bits per heavy atom. The first-order chi connectivity index (χ1) is 21.3. The van der Waals surface area contributed by atoms with Crippen molar-refractivity contribution in [3.05, 3.63) is 78.4 Å². The fourth-order valence-corrected chi connectivity index (χ4v) is 5.80. The standard InChI is InChI=1S/C33H32FN7O3S/c1-33(2,3)16-28(42)36-23-15-21(17-35-18-23)25-8-9-27-30(37-25)31(41-40-27)32-38-26-7-5-6-24(29(26)39-32)20-12-19(13-22(34)14-20)10-11-45(4,43)44/h5-9,12-15,17-18H,10-11,16H2,1-4H3,(H,36,42)(H,38,39)(H,40,41). The number of fused-ring (bicyclic) bond motifs is 2. The summed E-state index contributed by atoms with van der Waals surface area (Å²) in [5.41, 5.74) is 6.81. The number of hydrogen-bond donors (Lipinski definition) is 3. The number of aromatic amines is 2. The SMILES string of the molecule is CC(C)(C)CC(=O)Nc1cncc(-c2ccc3[nH]nc(-c4nc5c(-c6cc(F)cc(CCS(C)(=O)=O)c6)cccc5[nH]4)c3n2)c1. The molecule has 0 saturated heterocycles. The van der Waals surface area contributed by atoms with Gasteiger partial charge in [-0.1, -0.05) is 39.0 Å². The van der Waals surface area contributed by atoms with Crippen molar-refractivity contribution in [2.45, 2.75) is 33.6 Å². The molecule has 6 aromatic rings. The smallest absolute Gasteiger partial charge is 0.224 e. The highest BCUT2D eigenvalue weighted by Crippen LogP contribution is 2.33. The maximum Gasteiger partial charge on any atom is 0.224 e. The van der Waals surface area contributed by atoms with Gasteiger partial charge in [-0.15, -0.1) is 0 Å². The molecule has 6 rings (SSSR count). The number of imidazole rings is 1. The second-order valence-electron chi connectivity index (χ2n) is 12.4. The van der Waals surface area contributed by atoms with Gasteiger partial charge in [0.25, 0.3) is 0 Å². The first-order valence-corrected chi connectivity index (χ1v) is 16.4. The number of anilines is 1. The van der Waals surface area contributed by atoms with Gasteiger partial charge >= 0.3 is 0 Å². The van der Waals surface area contributed by atoms with Crippen LogP contribution in [0.5, 0.6) is 0 Å². The Balaban J connectivity index is 1.34. The number of benzene rings is 2. The normalized spacial score (nSPS) is 12.2. The molecule has 1 amide bonds. The van der Waals surface area contributed by atoms with Gasteiger partial charge in [-0.25, -0.2) is 22.8 Å². The molecule has 2 aromatic carbocycles. The van der Waals surface area contributed by atoms with Crippen LogP contribution in [-0.2, 0) is 21.1 Å². The number of aryl methyl sites for hydroxylation is 1. The number of amides is 1. The maximum atomic E-state index is 14.6. The molecular weight excluding hydrogens is 593 g/mol. The van der Waals surface area contributed by atoms with E-state index in [0.717, 1.165) is 17.3 Å². The van der Waals surface area contributed by atoms with E-state index in [1.165, 1.54) is 12.1 Å². The molecule has 0 atom stereocenters. The van der Waals surface area contributed by atoms with Gasteiger partial charge in [0, 0.05) is 30.0 Å². The average Bonchev–Trinajstić information content (AvgIpc) is 3.58. The van der Waals surface area contributed by atoms with Gasteiger partial charge in [0.1, 0.15) is 21.2 Å². The van der Waals surface area contributed by atoms with E-state index >= 15 is 0 Å². The third-order valence-corrected chi connectivity index (χ3v) is 8.13. The van der Waals surface area contributed by atoms with Gasteiger partial charge in [-0.3, -0.25) is 14.9 Å². The van der Waals surface area contributed by atoms with E-state index in [0.29, 0.717) is 62.6 Å². The highest BCUT2D eigenvalue weighted by atomic mass is 32.2. The Kier molecular flexibility index (Phi) is 7.69. The van der Waals surface area contributed by atoms with Crippen LogP contribution in [-0.4, -0.2) is 56.5 Å². The number of nitrogens with one attached hydrogen (secondary N) is 3. The van der Waals surface area contributed by atoms with Gasteiger partial charge in [-0.2, -0.15) is 5.10 Å². The number of H-pyrrole nitrogens is 2. The van der Waals surface area contributed by atoms with Crippen molar-refractivity contribution in [1.82, 2.24) is 30.1 Å². The summed E-state index contributed by atoms with van der Waals surface area (Å²) in [6.07, 6.45) is 5.04.